The molecule has 0 bridgehead atoms. The molecule has 1 aromatic rings. The van der Waals surface area contributed by atoms with Gasteiger partial charge < -0.3 is 5.32 Å². The van der Waals surface area contributed by atoms with Gasteiger partial charge in [0.15, 0.2) is 0 Å². The van der Waals surface area contributed by atoms with Crippen molar-refractivity contribution in [2.75, 3.05) is 5.32 Å². The van der Waals surface area contributed by atoms with Crippen LogP contribution in [0, 0.1) is 5.92 Å². The average molecular weight is 286 g/mol. The second kappa shape index (κ2) is 4.18. The van der Waals surface area contributed by atoms with Gasteiger partial charge in [0, 0.05) is 9.37 Å². The molecule has 15 heavy (non-hydrogen) atoms. The molecule has 0 saturated carbocycles. The largest absolute Gasteiger partial charge is 0.324 e. The van der Waals surface area contributed by atoms with Gasteiger partial charge in [0.1, 0.15) is 0 Å². The molecule has 2 nitrogen and oxygen atoms in total. The summed E-state index contributed by atoms with van der Waals surface area (Å²) in [6, 6.07) is 5.92. The molecular weight excluding hydrogens is 274 g/mol. The molecule has 0 radical (unpaired) electrons. The number of carbonyl (C=O) groups is 1. The Morgan fingerprint density at radius 1 is 1.47 bits per heavy atom. The predicted octanol–water partition coefficient (Wildman–Crippen LogP) is 3.52. The molecule has 2 rings (SSSR count). The number of fused-ring (bicyclic) bond motifs is 1. The zero-order valence-electron chi connectivity index (χ0n) is 8.58. The van der Waals surface area contributed by atoms with Gasteiger partial charge >= 0.3 is 0 Å². The van der Waals surface area contributed by atoms with Crippen molar-refractivity contribution >= 4 is 39.3 Å². The van der Waals surface area contributed by atoms with Crippen LogP contribution in [0.5, 0.6) is 0 Å². The van der Waals surface area contributed by atoms with Crippen LogP contribution in [0.15, 0.2) is 27.6 Å². The topological polar surface area (TPSA) is 29.1 Å². The Hall–Kier alpha value is -0.480. The van der Waals surface area contributed by atoms with Crippen LogP contribution in [-0.2, 0) is 4.79 Å². The first-order chi connectivity index (χ1) is 7.08. The summed E-state index contributed by atoms with van der Waals surface area (Å²) >= 11 is 5.08. The number of anilines is 1. The minimum atomic E-state index is 0.0202. The molecule has 80 valence electrons. The van der Waals surface area contributed by atoms with Gasteiger partial charge in [-0.2, -0.15) is 0 Å². The second-order valence-electron chi connectivity index (χ2n) is 3.91. The first-order valence-electron chi connectivity index (χ1n) is 4.85. The molecule has 0 fully saturated rings. The lowest BCUT2D eigenvalue weighted by Gasteiger charge is -2.26. The molecular formula is C11H12BrNOS. The fourth-order valence-corrected chi connectivity index (χ4v) is 3.20. The highest BCUT2D eigenvalue weighted by atomic mass is 79.9. The van der Waals surface area contributed by atoms with Gasteiger partial charge in [0.05, 0.1) is 10.9 Å². The van der Waals surface area contributed by atoms with Crippen LogP contribution >= 0.6 is 27.7 Å². The molecule has 1 aliphatic heterocycles. The van der Waals surface area contributed by atoms with Gasteiger partial charge in [-0.15, -0.1) is 11.8 Å². The molecule has 1 amide bonds. The van der Waals surface area contributed by atoms with Crippen molar-refractivity contribution in [3.05, 3.63) is 22.7 Å². The Morgan fingerprint density at radius 3 is 2.87 bits per heavy atom. The molecule has 4 heteroatoms. The molecule has 1 aliphatic rings. The van der Waals surface area contributed by atoms with Crippen LogP contribution in [0.25, 0.3) is 0 Å². The zero-order chi connectivity index (χ0) is 11.0. The highest BCUT2D eigenvalue weighted by Gasteiger charge is 2.29. The number of hydrogen-bond donors (Lipinski definition) is 1. The minimum absolute atomic E-state index is 0.0202. The van der Waals surface area contributed by atoms with Gasteiger partial charge in [0.2, 0.25) is 5.91 Å². The van der Waals surface area contributed by atoms with Crippen LogP contribution in [-0.4, -0.2) is 11.2 Å². The summed E-state index contributed by atoms with van der Waals surface area (Å²) in [7, 11) is 0. The fraction of sp³-hybridized carbons (Fsp3) is 0.364. The van der Waals surface area contributed by atoms with E-state index >= 15 is 0 Å². The van der Waals surface area contributed by atoms with Crippen molar-refractivity contribution in [3.8, 4) is 0 Å². The van der Waals surface area contributed by atoms with E-state index in [1.54, 1.807) is 11.8 Å². The smallest absolute Gasteiger partial charge is 0.238 e. The lowest BCUT2D eigenvalue weighted by molar-refractivity contribution is -0.116. The van der Waals surface area contributed by atoms with E-state index in [-0.39, 0.29) is 11.2 Å². The third-order valence-electron chi connectivity index (χ3n) is 2.32. The van der Waals surface area contributed by atoms with Crippen molar-refractivity contribution in [1.29, 1.82) is 0 Å². The number of amides is 1. The van der Waals surface area contributed by atoms with Crippen molar-refractivity contribution < 1.29 is 4.79 Å². The molecule has 1 N–H and O–H groups in total. The van der Waals surface area contributed by atoms with Crippen LogP contribution in [0.1, 0.15) is 13.8 Å². The lowest BCUT2D eigenvalue weighted by Crippen LogP contribution is -2.32. The Bertz CT molecular complexity index is 406. The quantitative estimate of drug-likeness (QED) is 0.856. The van der Waals surface area contributed by atoms with E-state index in [9.17, 15) is 4.79 Å². The molecule has 1 heterocycles. The molecule has 0 aliphatic carbocycles. The summed E-state index contributed by atoms with van der Waals surface area (Å²) in [5, 5.41) is 2.96. The van der Waals surface area contributed by atoms with Gasteiger partial charge in [-0.3, -0.25) is 4.79 Å². The molecule has 0 spiro atoms. The SMILES string of the molecule is CC(C)C1Sc2cc(Br)ccc2NC1=O. The number of halogens is 1. The Balaban J connectivity index is 2.34. The van der Waals surface area contributed by atoms with Crippen molar-refractivity contribution in [1.82, 2.24) is 0 Å². The summed E-state index contributed by atoms with van der Waals surface area (Å²) in [5.74, 6) is 0.465. The number of rotatable bonds is 1. The van der Waals surface area contributed by atoms with Gasteiger partial charge in [-0.1, -0.05) is 29.8 Å². The van der Waals surface area contributed by atoms with Crippen LogP contribution in [0.2, 0.25) is 0 Å². The third-order valence-corrected chi connectivity index (χ3v) is 4.42. The number of nitrogens with one attached hydrogen (secondary N) is 1. The van der Waals surface area contributed by atoms with E-state index in [1.807, 2.05) is 12.1 Å². The predicted molar refractivity (Wildman–Crippen MR) is 67.3 cm³/mol. The summed E-state index contributed by atoms with van der Waals surface area (Å²) in [6.07, 6.45) is 0. The van der Waals surface area contributed by atoms with Crippen molar-refractivity contribution in [2.45, 2.75) is 24.0 Å². The van der Waals surface area contributed by atoms with E-state index in [4.69, 9.17) is 0 Å². The fourth-order valence-electron chi connectivity index (χ4n) is 1.53. The Labute approximate surface area is 102 Å². The van der Waals surface area contributed by atoms with E-state index < -0.39 is 0 Å². The summed E-state index contributed by atoms with van der Waals surface area (Å²) in [6.45, 7) is 4.14. The van der Waals surface area contributed by atoms with E-state index in [0.717, 1.165) is 15.1 Å². The first-order valence-corrected chi connectivity index (χ1v) is 6.52. The number of hydrogen-bond acceptors (Lipinski definition) is 2. The van der Waals surface area contributed by atoms with Crippen LogP contribution < -0.4 is 5.32 Å². The molecule has 1 unspecified atom stereocenters. The second-order valence-corrected chi connectivity index (χ2v) is 6.01. The number of benzene rings is 1. The maximum absolute atomic E-state index is 11.7. The Kier molecular flexibility index (Phi) is 3.07. The zero-order valence-corrected chi connectivity index (χ0v) is 11.0. The highest BCUT2D eigenvalue weighted by molar-refractivity contribution is 9.10. The van der Waals surface area contributed by atoms with Gasteiger partial charge in [-0.25, -0.2) is 0 Å². The van der Waals surface area contributed by atoms with Crippen LogP contribution in [0.4, 0.5) is 5.69 Å². The first kappa shape index (κ1) is 11.0. The van der Waals surface area contributed by atoms with E-state index in [1.165, 1.54) is 0 Å². The highest BCUT2D eigenvalue weighted by Crippen LogP contribution is 2.39. The summed E-state index contributed by atoms with van der Waals surface area (Å²) in [5.41, 5.74) is 0.921. The minimum Gasteiger partial charge on any atom is -0.324 e. The van der Waals surface area contributed by atoms with Crippen molar-refractivity contribution in [2.24, 2.45) is 5.92 Å². The van der Waals surface area contributed by atoms with Crippen LogP contribution in [0.3, 0.4) is 0 Å². The van der Waals surface area contributed by atoms with E-state index in [0.29, 0.717) is 5.92 Å². The Morgan fingerprint density at radius 2 is 2.20 bits per heavy atom. The molecule has 0 saturated heterocycles. The summed E-state index contributed by atoms with van der Waals surface area (Å²) in [4.78, 5) is 12.9. The summed E-state index contributed by atoms with van der Waals surface area (Å²) < 4.78 is 1.05. The molecule has 0 aromatic heterocycles. The standard InChI is InChI=1S/C11H12BrNOS/c1-6(2)10-11(14)13-8-4-3-7(12)5-9(8)15-10/h3-6,10H,1-2H3,(H,13,14). The maximum Gasteiger partial charge on any atom is 0.238 e. The number of carbonyl (C=O) groups excluding carboxylic acids is 1. The van der Waals surface area contributed by atoms with Gasteiger partial charge in [-0.05, 0) is 24.1 Å². The molecule has 1 aromatic carbocycles. The number of thioether (sulfide) groups is 1. The van der Waals surface area contributed by atoms with Crippen molar-refractivity contribution in [3.63, 3.8) is 0 Å². The lowest BCUT2D eigenvalue weighted by atomic mass is 10.1. The molecule has 1 atom stereocenters. The third kappa shape index (κ3) is 2.21. The normalized spacial score (nSPS) is 20.0. The monoisotopic (exact) mass is 285 g/mol. The average Bonchev–Trinajstić information content (AvgIpc) is 2.17. The van der Waals surface area contributed by atoms with Gasteiger partial charge in [0.25, 0.3) is 0 Å². The van der Waals surface area contributed by atoms with E-state index in [2.05, 4.69) is 41.2 Å². The maximum atomic E-state index is 11.7.